The number of halogens is 1. The Hall–Kier alpha value is -2.79. The van der Waals surface area contributed by atoms with Crippen LogP contribution in [-0.4, -0.2) is 5.91 Å². The van der Waals surface area contributed by atoms with Crippen LogP contribution in [0.4, 0.5) is 5.69 Å². The minimum absolute atomic E-state index is 0.134. The highest BCUT2D eigenvalue weighted by atomic mass is 35.5. The fourth-order valence-corrected chi connectivity index (χ4v) is 3.09. The second-order valence-corrected chi connectivity index (χ2v) is 6.06. The maximum Gasteiger partial charge on any atom is 0.340 e. The van der Waals surface area contributed by atoms with Crippen molar-refractivity contribution in [3.8, 4) is 0 Å². The molecule has 0 fully saturated rings. The molecule has 1 heterocycles. The van der Waals surface area contributed by atoms with E-state index in [1.165, 1.54) is 0 Å². The Morgan fingerprint density at radius 3 is 2.67 bits per heavy atom. The minimum atomic E-state index is -0.700. The number of rotatable bonds is 3. The number of aryl methyl sites for hydroxylation is 1. The zero-order valence-corrected chi connectivity index (χ0v) is 13.7. The average Bonchev–Trinajstić information content (AvgIpc) is 2.48. The summed E-state index contributed by atoms with van der Waals surface area (Å²) in [5.41, 5.74) is 13.4. The van der Waals surface area contributed by atoms with Gasteiger partial charge in [-0.2, -0.15) is 0 Å². The van der Waals surface area contributed by atoms with E-state index in [9.17, 15) is 9.59 Å². The van der Waals surface area contributed by atoms with Crippen molar-refractivity contribution in [3.05, 3.63) is 74.1 Å². The van der Waals surface area contributed by atoms with Gasteiger partial charge >= 0.3 is 5.63 Å². The van der Waals surface area contributed by atoms with Gasteiger partial charge in [0, 0.05) is 22.5 Å². The van der Waals surface area contributed by atoms with Crippen molar-refractivity contribution in [3.63, 3.8) is 0 Å². The summed E-state index contributed by atoms with van der Waals surface area (Å²) in [5.74, 6) is -0.700. The van der Waals surface area contributed by atoms with Gasteiger partial charge in [0.25, 0.3) is 0 Å². The number of fused-ring (bicyclic) bond motifs is 1. The van der Waals surface area contributed by atoms with Crippen molar-refractivity contribution in [2.24, 2.45) is 5.73 Å². The first-order chi connectivity index (χ1) is 11.4. The Labute approximate surface area is 142 Å². The average molecular weight is 343 g/mol. The van der Waals surface area contributed by atoms with E-state index in [-0.39, 0.29) is 17.5 Å². The largest absolute Gasteiger partial charge is 0.422 e. The monoisotopic (exact) mass is 342 g/mol. The van der Waals surface area contributed by atoms with Crippen molar-refractivity contribution >= 4 is 34.2 Å². The van der Waals surface area contributed by atoms with Crippen LogP contribution >= 0.6 is 11.6 Å². The third-order valence-corrected chi connectivity index (χ3v) is 4.05. The van der Waals surface area contributed by atoms with E-state index in [2.05, 4.69) is 0 Å². The van der Waals surface area contributed by atoms with Gasteiger partial charge in [0.2, 0.25) is 5.91 Å². The van der Waals surface area contributed by atoms with Crippen molar-refractivity contribution in [1.29, 1.82) is 0 Å². The molecule has 0 aliphatic heterocycles. The number of nitrogens with two attached hydrogens (primary N) is 2. The molecule has 1 aromatic heterocycles. The molecule has 6 heteroatoms. The molecule has 0 saturated carbocycles. The van der Waals surface area contributed by atoms with Crippen LogP contribution in [0.3, 0.4) is 0 Å². The number of anilines is 1. The van der Waals surface area contributed by atoms with Crippen LogP contribution in [0.5, 0.6) is 0 Å². The fourth-order valence-electron chi connectivity index (χ4n) is 2.82. The molecule has 0 atom stereocenters. The highest BCUT2D eigenvalue weighted by Crippen LogP contribution is 2.28. The first-order valence-corrected chi connectivity index (χ1v) is 7.64. The lowest BCUT2D eigenvalue weighted by Crippen LogP contribution is -2.21. The third-order valence-electron chi connectivity index (χ3n) is 3.83. The number of hydrogen-bond donors (Lipinski definition) is 2. The smallest absolute Gasteiger partial charge is 0.340 e. The predicted octanol–water partition coefficient (Wildman–Crippen LogP) is 3.03. The Morgan fingerprint density at radius 2 is 2.00 bits per heavy atom. The van der Waals surface area contributed by atoms with E-state index in [1.54, 1.807) is 37.3 Å². The third kappa shape index (κ3) is 2.86. The van der Waals surface area contributed by atoms with Crippen molar-refractivity contribution in [2.45, 2.75) is 13.3 Å². The Bertz CT molecular complexity index is 1020. The molecule has 3 aromatic rings. The quantitative estimate of drug-likeness (QED) is 0.564. The molecule has 0 saturated heterocycles. The van der Waals surface area contributed by atoms with Gasteiger partial charge in [-0.15, -0.1) is 0 Å². The van der Waals surface area contributed by atoms with Crippen LogP contribution in [0.1, 0.15) is 27.0 Å². The molecule has 4 N–H and O–H groups in total. The molecule has 2 aromatic carbocycles. The summed E-state index contributed by atoms with van der Waals surface area (Å²) in [6.45, 7) is 1.75. The summed E-state index contributed by atoms with van der Waals surface area (Å²) >= 11 is 6.09. The summed E-state index contributed by atoms with van der Waals surface area (Å²) in [5, 5.41) is 0.872. The van der Waals surface area contributed by atoms with Gasteiger partial charge in [-0.05, 0) is 42.3 Å². The van der Waals surface area contributed by atoms with Gasteiger partial charge in [0.05, 0.1) is 11.1 Å². The van der Waals surface area contributed by atoms with Crippen molar-refractivity contribution in [2.75, 3.05) is 5.73 Å². The Kier molecular flexibility index (Phi) is 4.03. The molecule has 0 bridgehead atoms. The lowest BCUT2D eigenvalue weighted by Gasteiger charge is -2.11. The van der Waals surface area contributed by atoms with E-state index in [0.717, 1.165) is 5.56 Å². The summed E-state index contributed by atoms with van der Waals surface area (Å²) in [6.07, 6.45) is 0.188. The molecule has 0 aliphatic carbocycles. The predicted molar refractivity (Wildman–Crippen MR) is 94.4 cm³/mol. The number of benzene rings is 2. The van der Waals surface area contributed by atoms with Crippen molar-refractivity contribution in [1.82, 2.24) is 0 Å². The first kappa shape index (κ1) is 16.1. The number of carbonyl (C=O) groups excluding carboxylic acids is 1. The van der Waals surface area contributed by atoms with E-state index >= 15 is 0 Å². The summed E-state index contributed by atoms with van der Waals surface area (Å²) in [4.78, 5) is 24.5. The zero-order chi connectivity index (χ0) is 17.4. The number of carbonyl (C=O) groups is 1. The van der Waals surface area contributed by atoms with Gasteiger partial charge in [-0.1, -0.05) is 23.7 Å². The molecule has 122 valence electrons. The van der Waals surface area contributed by atoms with Crippen LogP contribution < -0.4 is 17.1 Å². The van der Waals surface area contributed by atoms with Crippen LogP contribution in [0, 0.1) is 6.92 Å². The van der Waals surface area contributed by atoms with Crippen LogP contribution in [-0.2, 0) is 6.42 Å². The summed E-state index contributed by atoms with van der Waals surface area (Å²) < 4.78 is 5.42. The highest BCUT2D eigenvalue weighted by molar-refractivity contribution is 6.31. The Balaban J connectivity index is 2.31. The highest BCUT2D eigenvalue weighted by Gasteiger charge is 2.20. The normalized spacial score (nSPS) is 10.9. The molecule has 24 heavy (non-hydrogen) atoms. The first-order valence-electron chi connectivity index (χ1n) is 7.27. The molecule has 0 aliphatic rings. The fraction of sp³-hybridized carbons (Fsp3) is 0.111. The van der Waals surface area contributed by atoms with Gasteiger partial charge in [-0.3, -0.25) is 4.79 Å². The standard InChI is InChI=1S/C18H15ClN2O3/c1-9-5-11(19)8-13-15(17(21)22)14(18(23)24-16(9)13)7-10-3-2-4-12(20)6-10/h2-6,8H,7,20H2,1H3,(H2,21,22). The lowest BCUT2D eigenvalue weighted by molar-refractivity contribution is 0.100. The van der Waals surface area contributed by atoms with Gasteiger partial charge < -0.3 is 15.9 Å². The number of nitrogen functional groups attached to an aromatic ring is 1. The van der Waals surface area contributed by atoms with Gasteiger partial charge in [0.1, 0.15) is 5.58 Å². The van der Waals surface area contributed by atoms with Gasteiger partial charge in [0.15, 0.2) is 0 Å². The van der Waals surface area contributed by atoms with E-state index in [0.29, 0.717) is 27.2 Å². The summed E-state index contributed by atoms with van der Waals surface area (Å²) in [6, 6.07) is 10.3. The lowest BCUT2D eigenvalue weighted by atomic mass is 9.97. The van der Waals surface area contributed by atoms with E-state index in [4.69, 9.17) is 27.5 Å². The van der Waals surface area contributed by atoms with Crippen LogP contribution in [0.25, 0.3) is 11.0 Å². The molecular formula is C18H15ClN2O3. The maximum atomic E-state index is 12.4. The van der Waals surface area contributed by atoms with E-state index in [1.807, 2.05) is 6.07 Å². The Morgan fingerprint density at radius 1 is 1.25 bits per heavy atom. The molecule has 3 rings (SSSR count). The van der Waals surface area contributed by atoms with Crippen LogP contribution in [0.15, 0.2) is 45.6 Å². The zero-order valence-electron chi connectivity index (χ0n) is 12.9. The number of hydrogen-bond acceptors (Lipinski definition) is 4. The molecule has 5 nitrogen and oxygen atoms in total. The number of primary amides is 1. The second-order valence-electron chi connectivity index (χ2n) is 5.63. The minimum Gasteiger partial charge on any atom is -0.422 e. The van der Waals surface area contributed by atoms with Gasteiger partial charge in [-0.25, -0.2) is 4.79 Å². The molecule has 1 amide bonds. The SMILES string of the molecule is Cc1cc(Cl)cc2c(C(N)=O)c(Cc3cccc(N)c3)c(=O)oc12. The van der Waals surface area contributed by atoms with Crippen molar-refractivity contribution < 1.29 is 9.21 Å². The molecule has 0 spiro atoms. The number of amides is 1. The maximum absolute atomic E-state index is 12.4. The second kappa shape index (κ2) is 6.02. The van der Waals surface area contributed by atoms with Crippen LogP contribution in [0.2, 0.25) is 5.02 Å². The molecule has 0 unspecified atom stereocenters. The van der Waals surface area contributed by atoms with E-state index < -0.39 is 11.5 Å². The summed E-state index contributed by atoms with van der Waals surface area (Å²) in [7, 11) is 0. The topological polar surface area (TPSA) is 99.3 Å². The molecule has 0 radical (unpaired) electrons. The molecular weight excluding hydrogens is 328 g/mol.